The maximum absolute atomic E-state index is 4.71. The number of hydrogen-bond donors (Lipinski definition) is 0. The molecule has 5 aromatic carbocycles. The van der Waals surface area contributed by atoms with Crippen LogP contribution in [-0.4, -0.2) is 0 Å². The van der Waals surface area contributed by atoms with Gasteiger partial charge in [0.1, 0.15) is 0 Å². The number of allylic oxidation sites excluding steroid dienone is 16. The average molecular weight is 741 g/mol. The van der Waals surface area contributed by atoms with Crippen molar-refractivity contribution in [2.45, 2.75) is 48.0 Å². The molecule has 57 heavy (non-hydrogen) atoms. The SMILES string of the molecule is C=C/C(=C/C(=CC(C)C)c1ccc(-c2ccc3c(C4=CC=C5C(=C)C/C=C(c6ccccc6)\C=C(\c6ccccc6)C(C)(C)C54)cccc3c2)cc1)C(C)/C=C\C. The van der Waals surface area contributed by atoms with Crippen LogP contribution < -0.4 is 0 Å². The van der Waals surface area contributed by atoms with Crippen molar-refractivity contribution in [3.63, 3.8) is 0 Å². The van der Waals surface area contributed by atoms with E-state index in [1.54, 1.807) is 0 Å². The summed E-state index contributed by atoms with van der Waals surface area (Å²) in [5.41, 5.74) is 16.0. The van der Waals surface area contributed by atoms with Gasteiger partial charge >= 0.3 is 0 Å². The molecule has 2 atom stereocenters. The summed E-state index contributed by atoms with van der Waals surface area (Å²) in [4.78, 5) is 0. The Morgan fingerprint density at radius 3 is 2.07 bits per heavy atom. The van der Waals surface area contributed by atoms with E-state index in [0.717, 1.165) is 6.42 Å². The summed E-state index contributed by atoms with van der Waals surface area (Å²) in [7, 11) is 0. The molecule has 0 spiro atoms. The highest BCUT2D eigenvalue weighted by Crippen LogP contribution is 2.55. The minimum atomic E-state index is -0.254. The molecule has 0 bridgehead atoms. The van der Waals surface area contributed by atoms with Crippen LogP contribution in [0.3, 0.4) is 0 Å². The van der Waals surface area contributed by atoms with Gasteiger partial charge in [0.2, 0.25) is 0 Å². The molecular formula is C57H56. The Hall–Kier alpha value is -5.98. The Bertz CT molecular complexity index is 2500. The molecule has 0 saturated heterocycles. The fourth-order valence-corrected chi connectivity index (χ4v) is 8.81. The molecule has 2 unspecified atom stereocenters. The van der Waals surface area contributed by atoms with Crippen molar-refractivity contribution in [3.8, 4) is 11.1 Å². The highest BCUT2D eigenvalue weighted by atomic mass is 14.4. The van der Waals surface area contributed by atoms with Crippen molar-refractivity contribution in [2.24, 2.45) is 23.2 Å². The fourth-order valence-electron chi connectivity index (χ4n) is 8.81. The Kier molecular flexibility index (Phi) is 11.7. The van der Waals surface area contributed by atoms with Crippen LogP contribution in [0, 0.1) is 23.2 Å². The van der Waals surface area contributed by atoms with E-state index in [1.807, 2.05) is 6.08 Å². The van der Waals surface area contributed by atoms with Crippen LogP contribution >= 0.6 is 0 Å². The molecule has 0 aromatic heterocycles. The molecule has 0 radical (unpaired) electrons. The number of rotatable bonds is 10. The molecule has 2 aliphatic carbocycles. The van der Waals surface area contributed by atoms with Crippen molar-refractivity contribution >= 4 is 33.1 Å². The molecule has 284 valence electrons. The molecule has 0 N–H and O–H groups in total. The third-order valence-corrected chi connectivity index (χ3v) is 11.8. The molecule has 7 rings (SSSR count). The maximum atomic E-state index is 4.71. The Morgan fingerprint density at radius 1 is 0.737 bits per heavy atom. The van der Waals surface area contributed by atoms with Gasteiger partial charge in [-0.1, -0.05) is 218 Å². The quantitative estimate of drug-likeness (QED) is 0.0988. The predicted octanol–water partition coefficient (Wildman–Crippen LogP) is 16.0. The summed E-state index contributed by atoms with van der Waals surface area (Å²) in [5.74, 6) is 0.859. The number of hydrogen-bond acceptors (Lipinski definition) is 0. The van der Waals surface area contributed by atoms with Crippen LogP contribution in [0.25, 0.3) is 44.2 Å². The first-order chi connectivity index (χ1) is 27.6. The summed E-state index contributed by atoms with van der Waals surface area (Å²) < 4.78 is 0. The van der Waals surface area contributed by atoms with Gasteiger partial charge in [-0.2, -0.15) is 0 Å². The molecule has 2 aliphatic rings. The minimum absolute atomic E-state index is 0.127. The van der Waals surface area contributed by atoms with E-state index in [9.17, 15) is 0 Å². The van der Waals surface area contributed by atoms with Gasteiger partial charge in [0.25, 0.3) is 0 Å². The first-order valence-electron chi connectivity index (χ1n) is 20.5. The summed E-state index contributed by atoms with van der Waals surface area (Å²) >= 11 is 0. The van der Waals surface area contributed by atoms with Crippen LogP contribution in [-0.2, 0) is 0 Å². The molecule has 0 aliphatic heterocycles. The predicted molar refractivity (Wildman–Crippen MR) is 250 cm³/mol. The first-order valence-corrected chi connectivity index (χ1v) is 20.5. The lowest BCUT2D eigenvalue weighted by Crippen LogP contribution is -2.28. The van der Waals surface area contributed by atoms with Crippen molar-refractivity contribution in [1.82, 2.24) is 0 Å². The van der Waals surface area contributed by atoms with Gasteiger partial charge in [-0.3, -0.25) is 0 Å². The Morgan fingerprint density at radius 2 is 1.40 bits per heavy atom. The van der Waals surface area contributed by atoms with E-state index in [-0.39, 0.29) is 11.3 Å². The van der Waals surface area contributed by atoms with Crippen molar-refractivity contribution in [1.29, 1.82) is 0 Å². The zero-order valence-electron chi connectivity index (χ0n) is 34.6. The zero-order chi connectivity index (χ0) is 40.1. The van der Waals surface area contributed by atoms with Crippen LogP contribution in [0.15, 0.2) is 206 Å². The second-order valence-corrected chi connectivity index (χ2v) is 16.5. The van der Waals surface area contributed by atoms with E-state index in [4.69, 9.17) is 6.58 Å². The lowest BCUT2D eigenvalue weighted by molar-refractivity contribution is 0.420. The van der Waals surface area contributed by atoms with Crippen LogP contribution in [0.2, 0.25) is 0 Å². The van der Waals surface area contributed by atoms with E-state index in [2.05, 4.69) is 218 Å². The fraction of sp³-hybridized carbons (Fsp3) is 0.193. The minimum Gasteiger partial charge on any atom is -0.0988 e. The van der Waals surface area contributed by atoms with Crippen molar-refractivity contribution in [2.75, 3.05) is 0 Å². The summed E-state index contributed by atoms with van der Waals surface area (Å²) in [6, 6.07) is 44.6. The molecule has 0 heteroatoms. The maximum Gasteiger partial charge on any atom is 0.0190 e. The largest absolute Gasteiger partial charge is 0.0988 e. The van der Waals surface area contributed by atoms with E-state index >= 15 is 0 Å². The third kappa shape index (κ3) is 8.28. The Labute approximate surface area is 342 Å². The van der Waals surface area contributed by atoms with Crippen molar-refractivity contribution in [3.05, 3.63) is 228 Å². The second kappa shape index (κ2) is 17.0. The molecule has 0 fully saturated rings. The van der Waals surface area contributed by atoms with Gasteiger partial charge < -0.3 is 0 Å². The van der Waals surface area contributed by atoms with Gasteiger partial charge in [-0.05, 0) is 114 Å². The molecule has 5 aromatic rings. The van der Waals surface area contributed by atoms with Crippen molar-refractivity contribution < 1.29 is 0 Å². The molecular weight excluding hydrogens is 685 g/mol. The summed E-state index contributed by atoms with van der Waals surface area (Å²) in [6.07, 6.45) is 21.3. The molecule has 0 heterocycles. The Balaban J connectivity index is 1.26. The first kappa shape index (κ1) is 39.3. The molecule has 0 nitrogen and oxygen atoms in total. The topological polar surface area (TPSA) is 0 Å². The monoisotopic (exact) mass is 740 g/mol. The van der Waals surface area contributed by atoms with Gasteiger partial charge in [0.05, 0.1) is 0 Å². The lowest BCUT2D eigenvalue weighted by Gasteiger charge is -2.39. The smallest absolute Gasteiger partial charge is 0.0190 e. The average Bonchev–Trinajstić information content (AvgIpc) is 3.69. The lowest BCUT2D eigenvalue weighted by atomic mass is 9.64. The summed E-state index contributed by atoms with van der Waals surface area (Å²) in [6.45, 7) is 22.5. The second-order valence-electron chi connectivity index (χ2n) is 16.5. The van der Waals surface area contributed by atoms with Crippen LogP contribution in [0.5, 0.6) is 0 Å². The van der Waals surface area contributed by atoms with E-state index in [1.165, 1.54) is 83.2 Å². The molecule has 0 saturated carbocycles. The van der Waals surface area contributed by atoms with Gasteiger partial charge in [0.15, 0.2) is 0 Å². The van der Waals surface area contributed by atoms with Gasteiger partial charge in [0, 0.05) is 11.3 Å². The number of fused-ring (bicyclic) bond motifs is 2. The standard InChI is InChI=1S/C57H56/c1-9-18-40(5)42(10-2)36-50(35-39(3)4)45-29-27-44(28-30-45)47-31-32-52-49(37-47)23-17-24-53(52)54-34-33-51-41(6)25-26-48(43-19-13-11-14-20-43)38-55(57(7,8)56(51)54)46-21-15-12-16-22-46/h9-24,26-40,56H,2,6,25H2,1,3-5,7-8H3/b18-9-,42-36-,48-26+,50-35?,55-38-. The summed E-state index contributed by atoms with van der Waals surface area (Å²) in [5, 5.41) is 2.51. The van der Waals surface area contributed by atoms with E-state index < -0.39 is 0 Å². The highest BCUT2D eigenvalue weighted by molar-refractivity contribution is 5.99. The third-order valence-electron chi connectivity index (χ3n) is 11.8. The van der Waals surface area contributed by atoms with Gasteiger partial charge in [-0.15, -0.1) is 0 Å². The highest BCUT2D eigenvalue weighted by Gasteiger charge is 2.42. The number of benzene rings is 5. The van der Waals surface area contributed by atoms with Crippen LogP contribution in [0.1, 0.15) is 70.2 Å². The molecule has 0 amide bonds. The van der Waals surface area contributed by atoms with Crippen LogP contribution in [0.4, 0.5) is 0 Å². The van der Waals surface area contributed by atoms with E-state index in [0.29, 0.717) is 11.8 Å². The van der Waals surface area contributed by atoms with Gasteiger partial charge in [-0.25, -0.2) is 0 Å². The normalized spacial score (nSPS) is 19.8. The zero-order valence-corrected chi connectivity index (χ0v) is 34.6.